The highest BCUT2D eigenvalue weighted by molar-refractivity contribution is 6.35. The van der Waals surface area contributed by atoms with Crippen molar-refractivity contribution >= 4 is 35.3 Å². The van der Waals surface area contributed by atoms with E-state index in [1.165, 1.54) is 14.2 Å². The van der Waals surface area contributed by atoms with Crippen molar-refractivity contribution in [2.45, 2.75) is 6.61 Å². The summed E-state index contributed by atoms with van der Waals surface area (Å²) in [5, 5.41) is 5.64. The second-order valence-electron chi connectivity index (χ2n) is 4.36. The van der Waals surface area contributed by atoms with Crippen molar-refractivity contribution < 1.29 is 27.4 Å². The maximum absolute atomic E-state index is 14.4. The van der Waals surface area contributed by atoms with Crippen LogP contribution in [0.2, 0.25) is 10.0 Å². The maximum Gasteiger partial charge on any atom is 0.388 e. The first-order chi connectivity index (χ1) is 11.3. The predicted molar refractivity (Wildman–Crippen MR) is 81.5 cm³/mol. The van der Waals surface area contributed by atoms with Crippen LogP contribution in [-0.2, 0) is 11.8 Å². The number of aryl methyl sites for hydroxylation is 1. The van der Waals surface area contributed by atoms with Gasteiger partial charge in [-0.1, -0.05) is 23.2 Å². The molecule has 1 N–H and O–H groups in total. The highest BCUT2D eigenvalue weighted by atomic mass is 35.5. The monoisotopic (exact) mass is 383 g/mol. The van der Waals surface area contributed by atoms with Gasteiger partial charge >= 0.3 is 6.61 Å². The Morgan fingerprint density at radius 3 is 2.62 bits per heavy atom. The summed E-state index contributed by atoms with van der Waals surface area (Å²) in [4.78, 5) is 10.8. The van der Waals surface area contributed by atoms with Gasteiger partial charge in [-0.2, -0.15) is 13.9 Å². The van der Waals surface area contributed by atoms with E-state index < -0.39 is 18.3 Å². The molecular formula is C13H10Cl2F3N3O3. The summed E-state index contributed by atoms with van der Waals surface area (Å²) >= 11 is 11.9. The van der Waals surface area contributed by atoms with E-state index in [0.717, 1.165) is 10.7 Å². The first kappa shape index (κ1) is 18.2. The van der Waals surface area contributed by atoms with Crippen LogP contribution in [0.3, 0.4) is 0 Å². The van der Waals surface area contributed by atoms with Crippen molar-refractivity contribution in [1.29, 1.82) is 0 Å². The molecule has 1 aromatic heterocycles. The molecule has 1 heterocycles. The molecule has 0 aliphatic rings. The van der Waals surface area contributed by atoms with Crippen LogP contribution in [0.1, 0.15) is 0 Å². The van der Waals surface area contributed by atoms with E-state index in [-0.39, 0.29) is 39.1 Å². The average molecular weight is 384 g/mol. The number of ether oxygens (including phenoxy) is 2. The number of hydrogen-bond donors (Lipinski definition) is 1. The fraction of sp³-hybridized carbons (Fsp3) is 0.231. The fourth-order valence-corrected chi connectivity index (χ4v) is 2.65. The van der Waals surface area contributed by atoms with Gasteiger partial charge in [0.1, 0.15) is 16.5 Å². The molecule has 1 amide bonds. The molecule has 6 nitrogen and oxygen atoms in total. The second-order valence-corrected chi connectivity index (χ2v) is 5.14. The Balaban J connectivity index is 2.75. The van der Waals surface area contributed by atoms with Crippen LogP contribution in [0, 0.1) is 5.82 Å². The number of nitrogens with zero attached hydrogens (tertiary/aromatic N) is 2. The largest absolute Gasteiger partial charge is 0.493 e. The number of carbonyl (C=O) groups is 1. The molecule has 0 bridgehead atoms. The lowest BCUT2D eigenvalue weighted by Gasteiger charge is -2.14. The minimum absolute atomic E-state index is 0.0433. The van der Waals surface area contributed by atoms with Crippen LogP contribution in [0.4, 0.5) is 18.9 Å². The molecule has 0 aliphatic heterocycles. The molecule has 1 aromatic carbocycles. The number of methoxy groups -OCH3 is 1. The molecular weight excluding hydrogens is 374 g/mol. The third-order valence-corrected chi connectivity index (χ3v) is 3.59. The number of rotatable bonds is 6. The Labute approximate surface area is 144 Å². The van der Waals surface area contributed by atoms with Crippen molar-refractivity contribution in [1.82, 2.24) is 9.78 Å². The number of amides is 1. The van der Waals surface area contributed by atoms with E-state index in [0.29, 0.717) is 0 Å². The quantitative estimate of drug-likeness (QED) is 0.772. The Bertz CT molecular complexity index is 784. The zero-order chi connectivity index (χ0) is 18.0. The van der Waals surface area contributed by atoms with Gasteiger partial charge in [0.15, 0.2) is 5.75 Å². The van der Waals surface area contributed by atoms with Crippen LogP contribution in [0.15, 0.2) is 6.07 Å². The maximum atomic E-state index is 14.4. The third kappa shape index (κ3) is 3.22. The molecule has 2 aromatic rings. The summed E-state index contributed by atoms with van der Waals surface area (Å²) in [5.41, 5.74) is -0.666. The summed E-state index contributed by atoms with van der Waals surface area (Å²) in [7, 11) is 2.54. The first-order valence-electron chi connectivity index (χ1n) is 6.25. The SMILES string of the molecule is COc1c(Cl)cc(F)c(-c2nn(C)c(OC(F)F)c2Cl)c1NC=O. The molecule has 0 unspecified atom stereocenters. The third-order valence-electron chi connectivity index (χ3n) is 2.97. The lowest BCUT2D eigenvalue weighted by atomic mass is 10.1. The standard InChI is InChI=1S/C13H10Cl2F3N3O3/c1-21-12(24-13(17)18)8(15)9(20-21)7-6(16)3-5(14)11(23-2)10(7)19-4-22/h3-4,13H,1-2H3,(H,19,22). The minimum atomic E-state index is -3.15. The Morgan fingerprint density at radius 2 is 2.08 bits per heavy atom. The Morgan fingerprint density at radius 1 is 1.42 bits per heavy atom. The molecule has 0 fully saturated rings. The summed E-state index contributed by atoms with van der Waals surface area (Å²) in [6.07, 6.45) is 0.268. The number of hydrogen-bond acceptors (Lipinski definition) is 4. The number of alkyl halides is 2. The van der Waals surface area contributed by atoms with Gasteiger partial charge in [0.2, 0.25) is 12.3 Å². The fourth-order valence-electron chi connectivity index (χ4n) is 2.08. The molecule has 0 atom stereocenters. The van der Waals surface area contributed by atoms with Gasteiger partial charge in [-0.3, -0.25) is 4.79 Å². The van der Waals surface area contributed by atoms with Crippen molar-refractivity contribution in [3.8, 4) is 22.9 Å². The van der Waals surface area contributed by atoms with Crippen LogP contribution in [0.5, 0.6) is 11.6 Å². The first-order valence-corrected chi connectivity index (χ1v) is 7.01. The minimum Gasteiger partial charge on any atom is -0.493 e. The van der Waals surface area contributed by atoms with Gasteiger partial charge in [0.25, 0.3) is 0 Å². The highest BCUT2D eigenvalue weighted by Crippen LogP contribution is 2.46. The van der Waals surface area contributed by atoms with Crippen molar-refractivity contribution in [3.63, 3.8) is 0 Å². The molecule has 0 saturated heterocycles. The van der Waals surface area contributed by atoms with Gasteiger partial charge < -0.3 is 14.8 Å². The van der Waals surface area contributed by atoms with E-state index in [4.69, 9.17) is 27.9 Å². The molecule has 11 heteroatoms. The second kappa shape index (κ2) is 7.18. The van der Waals surface area contributed by atoms with Gasteiger partial charge in [-0.15, -0.1) is 0 Å². The molecule has 2 rings (SSSR count). The molecule has 24 heavy (non-hydrogen) atoms. The van der Waals surface area contributed by atoms with Gasteiger partial charge in [-0.05, 0) is 6.07 Å². The highest BCUT2D eigenvalue weighted by Gasteiger charge is 2.27. The predicted octanol–water partition coefficient (Wildman–Crippen LogP) is 3.71. The van der Waals surface area contributed by atoms with Gasteiger partial charge in [0.05, 0.1) is 23.4 Å². The zero-order valence-electron chi connectivity index (χ0n) is 12.2. The normalized spacial score (nSPS) is 10.8. The van der Waals surface area contributed by atoms with Crippen LogP contribution in [-0.4, -0.2) is 29.9 Å². The number of nitrogens with one attached hydrogen (secondary N) is 1. The number of anilines is 1. The number of aromatic nitrogens is 2. The number of benzene rings is 1. The number of halogens is 5. The summed E-state index contributed by atoms with van der Waals surface area (Å²) in [5.74, 6) is -1.40. The summed E-state index contributed by atoms with van der Waals surface area (Å²) in [6.45, 7) is -3.15. The van der Waals surface area contributed by atoms with Crippen LogP contribution >= 0.6 is 23.2 Å². The van der Waals surface area contributed by atoms with Crippen molar-refractivity contribution in [2.24, 2.45) is 7.05 Å². The average Bonchev–Trinajstić information content (AvgIpc) is 2.75. The van der Waals surface area contributed by atoms with Gasteiger partial charge in [-0.25, -0.2) is 9.07 Å². The molecule has 0 radical (unpaired) electrons. The lowest BCUT2D eigenvalue weighted by Crippen LogP contribution is -2.06. The van der Waals surface area contributed by atoms with Crippen molar-refractivity contribution in [2.75, 3.05) is 12.4 Å². The van der Waals surface area contributed by atoms with E-state index in [1.54, 1.807) is 0 Å². The topological polar surface area (TPSA) is 65.4 Å². The molecule has 130 valence electrons. The molecule has 0 saturated carbocycles. The van der Waals surface area contributed by atoms with E-state index in [2.05, 4.69) is 15.2 Å². The van der Waals surface area contributed by atoms with Gasteiger partial charge in [0, 0.05) is 7.05 Å². The smallest absolute Gasteiger partial charge is 0.388 e. The summed E-state index contributed by atoms with van der Waals surface area (Å²) in [6, 6.07) is 0.921. The van der Waals surface area contributed by atoms with E-state index >= 15 is 0 Å². The van der Waals surface area contributed by atoms with E-state index in [9.17, 15) is 18.0 Å². The van der Waals surface area contributed by atoms with Crippen LogP contribution < -0.4 is 14.8 Å². The Kier molecular flexibility index (Phi) is 5.45. The Hall–Kier alpha value is -2.13. The summed E-state index contributed by atoms with van der Waals surface area (Å²) < 4.78 is 49.5. The van der Waals surface area contributed by atoms with E-state index in [1.807, 2.05) is 0 Å². The van der Waals surface area contributed by atoms with Crippen LogP contribution in [0.25, 0.3) is 11.3 Å². The number of carbonyl (C=O) groups excluding carboxylic acids is 1. The van der Waals surface area contributed by atoms with Crippen molar-refractivity contribution in [3.05, 3.63) is 21.9 Å². The molecule has 0 aliphatic carbocycles. The molecule has 0 spiro atoms. The lowest BCUT2D eigenvalue weighted by molar-refractivity contribution is -0.105. The zero-order valence-corrected chi connectivity index (χ0v) is 13.8.